The fourth-order valence-electron chi connectivity index (χ4n) is 1.11. The maximum absolute atomic E-state index is 9.11. The largest absolute Gasteiger partial charge is 0.356 e. The van der Waals surface area contributed by atoms with Gasteiger partial charge in [-0.25, -0.2) is 0 Å². The van der Waals surface area contributed by atoms with E-state index in [1.165, 1.54) is 25.7 Å². The van der Waals surface area contributed by atoms with E-state index in [0.717, 1.165) is 12.8 Å². The minimum Gasteiger partial charge on any atom is -0.356 e. The monoisotopic (exact) mass is 316 g/mol. The Labute approximate surface area is 97.0 Å². The van der Waals surface area contributed by atoms with Crippen molar-refractivity contribution in [2.45, 2.75) is 55.0 Å². The zero-order chi connectivity index (χ0) is 10.3. The molecule has 2 N–H and O–H groups in total. The summed E-state index contributed by atoms with van der Waals surface area (Å²) in [6.45, 7) is 2.18. The second-order valence-electron chi connectivity index (χ2n) is 3.31. The Morgan fingerprint density at radius 1 is 1.15 bits per heavy atom. The topological polar surface area (TPSA) is 40.5 Å². The van der Waals surface area contributed by atoms with Crippen LogP contribution in [0.2, 0.25) is 0 Å². The molecule has 0 aliphatic carbocycles. The maximum Gasteiger partial charge on any atom is 0.234 e. The molecular weight excluding hydrogens is 300 g/mol. The van der Waals surface area contributed by atoms with E-state index >= 15 is 0 Å². The number of hydrogen-bond acceptors (Lipinski definition) is 2. The normalized spacial score (nSPS) is 14.5. The van der Waals surface area contributed by atoms with E-state index in [9.17, 15) is 0 Å². The van der Waals surface area contributed by atoms with Gasteiger partial charge in [0.1, 0.15) is 0 Å². The summed E-state index contributed by atoms with van der Waals surface area (Å²) < 4.78 is -1.77. The quantitative estimate of drug-likeness (QED) is 0.430. The Balaban J connectivity index is 3.32. The van der Waals surface area contributed by atoms with E-state index in [2.05, 4.69) is 38.8 Å². The third-order valence-electron chi connectivity index (χ3n) is 1.96. The van der Waals surface area contributed by atoms with E-state index in [1.807, 2.05) is 0 Å². The Morgan fingerprint density at radius 2 is 1.69 bits per heavy atom. The van der Waals surface area contributed by atoms with Crippen molar-refractivity contribution >= 4 is 31.9 Å². The molecule has 0 radical (unpaired) electrons. The second kappa shape index (κ2) is 7.21. The molecule has 0 aliphatic heterocycles. The number of alkyl halides is 2. The average molecular weight is 318 g/mol. The third-order valence-corrected chi connectivity index (χ3v) is 4.22. The van der Waals surface area contributed by atoms with Crippen LogP contribution in [0.1, 0.15) is 45.4 Å². The van der Waals surface area contributed by atoms with Crippen LogP contribution in [0.25, 0.3) is 0 Å². The standard InChI is InChI=1S/C9H18Br2O2/c1-2-3-4-5-6-7-8(10)9(11,12)13/h8,12-13H,2-7H2,1H3. The Morgan fingerprint density at radius 3 is 2.15 bits per heavy atom. The van der Waals surface area contributed by atoms with Crippen LogP contribution in [0.5, 0.6) is 0 Å². The summed E-state index contributed by atoms with van der Waals surface area (Å²) >= 11 is 6.01. The van der Waals surface area contributed by atoms with Gasteiger partial charge in [-0.15, -0.1) is 0 Å². The van der Waals surface area contributed by atoms with Crippen LogP contribution in [-0.2, 0) is 0 Å². The predicted molar refractivity (Wildman–Crippen MR) is 62.2 cm³/mol. The molecule has 0 aliphatic rings. The van der Waals surface area contributed by atoms with Gasteiger partial charge < -0.3 is 10.2 Å². The molecule has 1 unspecified atom stereocenters. The molecule has 0 aromatic rings. The average Bonchev–Trinajstić information content (AvgIpc) is 2.02. The van der Waals surface area contributed by atoms with E-state index in [0.29, 0.717) is 0 Å². The van der Waals surface area contributed by atoms with Crippen LogP contribution in [0, 0.1) is 0 Å². The lowest BCUT2D eigenvalue weighted by Gasteiger charge is -2.20. The number of aliphatic hydroxyl groups is 2. The van der Waals surface area contributed by atoms with Gasteiger partial charge in [-0.2, -0.15) is 0 Å². The SMILES string of the molecule is CCCCCCCC(Br)C(O)(O)Br. The molecule has 0 bridgehead atoms. The minimum absolute atomic E-state index is 0.290. The molecule has 0 fully saturated rings. The molecule has 0 aromatic heterocycles. The maximum atomic E-state index is 9.11. The first-order valence-electron chi connectivity index (χ1n) is 4.76. The van der Waals surface area contributed by atoms with E-state index in [1.54, 1.807) is 0 Å². The van der Waals surface area contributed by atoms with Gasteiger partial charge in [0.05, 0.1) is 4.83 Å². The molecule has 13 heavy (non-hydrogen) atoms. The first-order chi connectivity index (χ1) is 5.98. The van der Waals surface area contributed by atoms with Gasteiger partial charge in [0.25, 0.3) is 0 Å². The van der Waals surface area contributed by atoms with Crippen molar-refractivity contribution in [2.75, 3.05) is 0 Å². The highest BCUT2D eigenvalue weighted by Crippen LogP contribution is 2.26. The summed E-state index contributed by atoms with van der Waals surface area (Å²) in [6.07, 6.45) is 6.72. The number of unbranched alkanes of at least 4 members (excludes halogenated alkanes) is 4. The zero-order valence-electron chi connectivity index (χ0n) is 7.97. The highest BCUT2D eigenvalue weighted by Gasteiger charge is 2.28. The lowest BCUT2D eigenvalue weighted by atomic mass is 10.1. The summed E-state index contributed by atoms with van der Waals surface area (Å²) in [4.78, 5) is -0.290. The molecule has 0 spiro atoms. The lowest BCUT2D eigenvalue weighted by molar-refractivity contribution is -0.0687. The van der Waals surface area contributed by atoms with Crippen LogP contribution >= 0.6 is 31.9 Å². The molecule has 0 rings (SSSR count). The van der Waals surface area contributed by atoms with Crippen molar-refractivity contribution in [1.29, 1.82) is 0 Å². The van der Waals surface area contributed by atoms with Crippen LogP contribution in [-0.4, -0.2) is 19.7 Å². The highest BCUT2D eigenvalue weighted by atomic mass is 79.9. The smallest absolute Gasteiger partial charge is 0.234 e. The van der Waals surface area contributed by atoms with Crippen molar-refractivity contribution < 1.29 is 10.2 Å². The van der Waals surface area contributed by atoms with Crippen LogP contribution in [0.15, 0.2) is 0 Å². The number of hydrogen-bond donors (Lipinski definition) is 2. The molecule has 80 valence electrons. The van der Waals surface area contributed by atoms with E-state index < -0.39 is 4.70 Å². The van der Waals surface area contributed by atoms with Crippen molar-refractivity contribution in [2.24, 2.45) is 0 Å². The van der Waals surface area contributed by atoms with Gasteiger partial charge in [-0.05, 0) is 22.4 Å². The summed E-state index contributed by atoms with van der Waals surface area (Å²) in [6, 6.07) is 0. The highest BCUT2D eigenvalue weighted by molar-refractivity contribution is 9.12. The summed E-state index contributed by atoms with van der Waals surface area (Å²) in [5, 5.41) is 18.2. The van der Waals surface area contributed by atoms with Gasteiger partial charge in [-0.1, -0.05) is 55.0 Å². The first-order valence-corrected chi connectivity index (χ1v) is 6.47. The van der Waals surface area contributed by atoms with Crippen LogP contribution < -0.4 is 0 Å². The second-order valence-corrected chi connectivity index (χ2v) is 5.58. The fraction of sp³-hybridized carbons (Fsp3) is 1.00. The lowest BCUT2D eigenvalue weighted by Crippen LogP contribution is -2.30. The van der Waals surface area contributed by atoms with Crippen molar-refractivity contribution in [1.82, 2.24) is 0 Å². The third kappa shape index (κ3) is 7.91. The molecule has 1 atom stereocenters. The summed E-state index contributed by atoms with van der Waals surface area (Å²) in [7, 11) is 0. The van der Waals surface area contributed by atoms with E-state index in [4.69, 9.17) is 10.2 Å². The zero-order valence-corrected chi connectivity index (χ0v) is 11.1. The molecule has 2 nitrogen and oxygen atoms in total. The predicted octanol–water partition coefficient (Wildman–Crippen LogP) is 3.14. The summed E-state index contributed by atoms with van der Waals surface area (Å²) in [5.41, 5.74) is 0. The fourth-order valence-corrected chi connectivity index (χ4v) is 1.66. The Bertz CT molecular complexity index is 123. The Hall–Kier alpha value is 0.880. The number of halogens is 2. The molecule has 0 saturated heterocycles. The van der Waals surface area contributed by atoms with Gasteiger partial charge in [-0.3, -0.25) is 0 Å². The molecule has 0 heterocycles. The van der Waals surface area contributed by atoms with Gasteiger partial charge in [0, 0.05) is 0 Å². The first kappa shape index (κ1) is 13.9. The minimum atomic E-state index is -1.77. The van der Waals surface area contributed by atoms with Crippen LogP contribution in [0.3, 0.4) is 0 Å². The summed E-state index contributed by atoms with van der Waals surface area (Å²) in [5.74, 6) is 0. The van der Waals surface area contributed by atoms with Crippen LogP contribution in [0.4, 0.5) is 0 Å². The van der Waals surface area contributed by atoms with Gasteiger partial charge in [0.15, 0.2) is 0 Å². The van der Waals surface area contributed by atoms with Crippen molar-refractivity contribution in [3.8, 4) is 0 Å². The van der Waals surface area contributed by atoms with Gasteiger partial charge >= 0.3 is 0 Å². The Kier molecular flexibility index (Phi) is 7.70. The molecular formula is C9H18Br2O2. The molecule has 0 saturated carbocycles. The van der Waals surface area contributed by atoms with Crippen molar-refractivity contribution in [3.05, 3.63) is 0 Å². The number of rotatable bonds is 7. The van der Waals surface area contributed by atoms with E-state index in [-0.39, 0.29) is 4.83 Å². The molecule has 4 heteroatoms. The molecule has 0 aromatic carbocycles. The van der Waals surface area contributed by atoms with Crippen molar-refractivity contribution in [3.63, 3.8) is 0 Å². The van der Waals surface area contributed by atoms with Gasteiger partial charge in [0.2, 0.25) is 4.70 Å². The molecule has 0 amide bonds.